The van der Waals surface area contributed by atoms with E-state index in [-0.39, 0.29) is 0 Å². The van der Waals surface area contributed by atoms with Gasteiger partial charge in [0, 0.05) is 88.1 Å². The lowest BCUT2D eigenvalue weighted by molar-refractivity contribution is 0.396. The summed E-state index contributed by atoms with van der Waals surface area (Å²) >= 11 is 0. The minimum atomic E-state index is 0.483. The summed E-state index contributed by atoms with van der Waals surface area (Å²) in [6.07, 6.45) is 4.53. The molecule has 6 heteroatoms. The van der Waals surface area contributed by atoms with Gasteiger partial charge in [0.15, 0.2) is 0 Å². The molecular formula is C66H42N2O4. The molecule has 1 saturated carbocycles. The van der Waals surface area contributed by atoms with E-state index in [2.05, 4.69) is 203 Å². The number of hydrogen-bond donors (Lipinski definition) is 0. The number of fused-ring (bicyclic) bond motifs is 18. The predicted molar refractivity (Wildman–Crippen MR) is 295 cm³/mol. The topological polar surface area (TPSA) is 62.4 Å². The van der Waals surface area contributed by atoms with Gasteiger partial charge in [0.2, 0.25) is 0 Å². The first-order valence-electron chi connectivity index (χ1n) is 25.3. The molecule has 0 N–H and O–H groups in total. The number of para-hydroxylation sites is 4. The summed E-state index contributed by atoms with van der Waals surface area (Å²) in [7, 11) is 0. The quantitative estimate of drug-likeness (QED) is 0.176. The molecule has 0 bridgehead atoms. The number of benzene rings is 10. The van der Waals surface area contributed by atoms with Crippen LogP contribution in [0.4, 0.5) is 0 Å². The molecule has 340 valence electrons. The highest BCUT2D eigenvalue weighted by Crippen LogP contribution is 2.46. The molecule has 16 aromatic rings. The van der Waals surface area contributed by atoms with Crippen molar-refractivity contribution in [1.29, 1.82) is 0 Å². The lowest BCUT2D eigenvalue weighted by Gasteiger charge is -2.29. The third-order valence-electron chi connectivity index (χ3n) is 16.5. The minimum Gasteiger partial charge on any atom is -0.456 e. The number of nitrogens with zero attached hydrogens (tertiary/aromatic N) is 2. The molecule has 1 aliphatic rings. The van der Waals surface area contributed by atoms with E-state index in [4.69, 9.17) is 17.7 Å². The molecule has 0 unspecified atom stereocenters. The zero-order chi connectivity index (χ0) is 46.8. The van der Waals surface area contributed by atoms with Crippen molar-refractivity contribution >= 4 is 131 Å². The molecule has 0 aliphatic heterocycles. The zero-order valence-corrected chi connectivity index (χ0v) is 39.0. The largest absolute Gasteiger partial charge is 0.456 e. The Labute approximate surface area is 410 Å². The molecule has 72 heavy (non-hydrogen) atoms. The molecule has 0 spiro atoms. The van der Waals surface area contributed by atoms with Crippen LogP contribution in [0.15, 0.2) is 212 Å². The Morgan fingerprint density at radius 3 is 0.889 bits per heavy atom. The standard InChI is InChI=1S/C66H42N2O4/c1-5-13-55-43(9-1)44-10-2-6-14-56(44)67(55)41-23-27-61-49(31-41)53-33-51-47-29-39(21-25-59(47)69-63(51)35-65(53)71-61)37-17-19-38(20-18-37)40-22-26-60-48(30-40)52-34-54-50-32-42(24-28-62(50)72-66(54)36-64(52)70-60)68-57-15-7-3-11-45(57)46-12-4-8-16-58(46)68/h1-16,21-38H,17-20H2. The lowest BCUT2D eigenvalue weighted by Crippen LogP contribution is -2.12. The van der Waals surface area contributed by atoms with Crippen LogP contribution in [0, 0.1) is 0 Å². The first kappa shape index (κ1) is 38.8. The fourth-order valence-corrected chi connectivity index (χ4v) is 13.1. The van der Waals surface area contributed by atoms with Crippen LogP contribution >= 0.6 is 0 Å². The molecule has 6 nitrogen and oxygen atoms in total. The van der Waals surface area contributed by atoms with Gasteiger partial charge in [-0.1, -0.05) is 84.9 Å². The van der Waals surface area contributed by atoms with Crippen molar-refractivity contribution in [3.8, 4) is 11.4 Å². The summed E-state index contributed by atoms with van der Waals surface area (Å²) in [4.78, 5) is 0. The second kappa shape index (κ2) is 14.3. The van der Waals surface area contributed by atoms with Crippen LogP contribution in [0.25, 0.3) is 143 Å². The Morgan fingerprint density at radius 1 is 0.250 bits per heavy atom. The molecule has 6 heterocycles. The van der Waals surface area contributed by atoms with Crippen molar-refractivity contribution in [2.45, 2.75) is 37.5 Å². The molecule has 1 fully saturated rings. The summed E-state index contributed by atoms with van der Waals surface area (Å²) in [6, 6.07) is 70.3. The highest BCUT2D eigenvalue weighted by Gasteiger charge is 2.26. The van der Waals surface area contributed by atoms with Crippen LogP contribution in [-0.4, -0.2) is 9.13 Å². The molecule has 1 aliphatic carbocycles. The maximum Gasteiger partial charge on any atom is 0.139 e. The fourth-order valence-electron chi connectivity index (χ4n) is 13.1. The van der Waals surface area contributed by atoms with Crippen LogP contribution in [-0.2, 0) is 0 Å². The Morgan fingerprint density at radius 2 is 0.542 bits per heavy atom. The van der Waals surface area contributed by atoms with Crippen LogP contribution in [0.5, 0.6) is 0 Å². The van der Waals surface area contributed by atoms with E-state index >= 15 is 0 Å². The van der Waals surface area contributed by atoms with Gasteiger partial charge in [-0.2, -0.15) is 0 Å². The summed E-state index contributed by atoms with van der Waals surface area (Å²) in [5.74, 6) is 0.966. The van der Waals surface area contributed by atoms with E-state index in [1.807, 2.05) is 0 Å². The van der Waals surface area contributed by atoms with Gasteiger partial charge >= 0.3 is 0 Å². The first-order valence-corrected chi connectivity index (χ1v) is 25.3. The molecule has 0 radical (unpaired) electrons. The minimum absolute atomic E-state index is 0.483. The van der Waals surface area contributed by atoms with Gasteiger partial charge in [0.05, 0.1) is 22.1 Å². The summed E-state index contributed by atoms with van der Waals surface area (Å²) in [5, 5.41) is 14.0. The Balaban J connectivity index is 0.686. The Bertz CT molecular complexity index is 4540. The van der Waals surface area contributed by atoms with E-state index in [1.54, 1.807) is 0 Å². The van der Waals surface area contributed by atoms with Gasteiger partial charge in [0.1, 0.15) is 44.7 Å². The molecule has 0 atom stereocenters. The van der Waals surface area contributed by atoms with Gasteiger partial charge in [-0.25, -0.2) is 0 Å². The van der Waals surface area contributed by atoms with Gasteiger partial charge in [-0.15, -0.1) is 0 Å². The first-order chi connectivity index (χ1) is 35.6. The smallest absolute Gasteiger partial charge is 0.139 e. The molecule has 0 amide bonds. The van der Waals surface area contributed by atoms with Gasteiger partial charge in [-0.05, 0) is 146 Å². The highest BCUT2D eigenvalue weighted by molar-refractivity contribution is 6.18. The Hall–Kier alpha value is -9.00. The molecule has 0 saturated heterocycles. The van der Waals surface area contributed by atoms with Crippen molar-refractivity contribution in [1.82, 2.24) is 9.13 Å². The summed E-state index contributed by atoms with van der Waals surface area (Å²) in [6.45, 7) is 0. The van der Waals surface area contributed by atoms with Gasteiger partial charge in [-0.3, -0.25) is 0 Å². The van der Waals surface area contributed by atoms with Gasteiger partial charge in [0.25, 0.3) is 0 Å². The van der Waals surface area contributed by atoms with Crippen molar-refractivity contribution in [2.24, 2.45) is 0 Å². The van der Waals surface area contributed by atoms with Crippen molar-refractivity contribution in [2.75, 3.05) is 0 Å². The number of furan rings is 4. The lowest BCUT2D eigenvalue weighted by atomic mass is 9.76. The van der Waals surface area contributed by atoms with Crippen LogP contribution < -0.4 is 0 Å². The predicted octanol–water partition coefficient (Wildman–Crippen LogP) is 18.9. The fraction of sp³-hybridized carbons (Fsp3) is 0.0909. The zero-order valence-electron chi connectivity index (χ0n) is 39.0. The maximum absolute atomic E-state index is 6.52. The van der Waals surface area contributed by atoms with Crippen molar-refractivity contribution in [3.63, 3.8) is 0 Å². The average Bonchev–Trinajstić information content (AvgIpc) is 4.28. The Kier molecular flexibility index (Phi) is 7.71. The van der Waals surface area contributed by atoms with Crippen LogP contribution in [0.1, 0.15) is 48.6 Å². The van der Waals surface area contributed by atoms with E-state index < -0.39 is 0 Å². The third-order valence-corrected chi connectivity index (χ3v) is 16.5. The monoisotopic (exact) mass is 926 g/mol. The van der Waals surface area contributed by atoms with E-state index in [0.717, 1.165) is 114 Å². The second-order valence-corrected chi connectivity index (χ2v) is 20.3. The summed E-state index contributed by atoms with van der Waals surface area (Å²) < 4.78 is 30.8. The third kappa shape index (κ3) is 5.44. The van der Waals surface area contributed by atoms with Crippen LogP contribution in [0.2, 0.25) is 0 Å². The van der Waals surface area contributed by atoms with Crippen molar-refractivity contribution < 1.29 is 17.7 Å². The van der Waals surface area contributed by atoms with Crippen molar-refractivity contribution in [3.05, 3.63) is 205 Å². The second-order valence-electron chi connectivity index (χ2n) is 20.3. The number of rotatable bonds is 4. The molecular weight excluding hydrogens is 885 g/mol. The van der Waals surface area contributed by atoms with E-state index in [0.29, 0.717) is 11.8 Å². The highest BCUT2D eigenvalue weighted by atomic mass is 16.3. The van der Waals surface area contributed by atoms with E-state index in [1.165, 1.54) is 65.5 Å². The molecule has 10 aromatic carbocycles. The van der Waals surface area contributed by atoms with Gasteiger partial charge < -0.3 is 26.8 Å². The molecule has 17 rings (SSSR count). The average molecular weight is 927 g/mol. The normalized spacial score (nSPS) is 15.8. The van der Waals surface area contributed by atoms with Crippen LogP contribution in [0.3, 0.4) is 0 Å². The van der Waals surface area contributed by atoms with E-state index in [9.17, 15) is 0 Å². The maximum atomic E-state index is 6.52. The number of aromatic nitrogens is 2. The summed E-state index contributed by atoms with van der Waals surface area (Å²) in [5.41, 5.74) is 16.8. The number of hydrogen-bond acceptors (Lipinski definition) is 4. The SMILES string of the molecule is c1ccc2c(c1)c1ccccc1n2-c1ccc2oc3cc4oc5ccc(C6CCC(c7ccc8oc9cc%10oc%11ccc(-n%12c%13ccccc%13c%13ccccc%13%12)cc%11c%10cc9c8c7)CC6)cc5c4cc3c2c1. The molecule has 6 aromatic heterocycles.